The molecule has 4 rings (SSSR count). The monoisotopic (exact) mass is 464 g/mol. The molecule has 1 atom stereocenters. The van der Waals surface area contributed by atoms with E-state index in [2.05, 4.69) is 67.0 Å². The molecule has 5 nitrogen and oxygen atoms in total. The Bertz CT molecular complexity index is 948. The molecule has 0 bridgehead atoms. The minimum absolute atomic E-state index is 0.0199. The Morgan fingerprint density at radius 3 is 2.41 bits per heavy atom. The average Bonchev–Trinajstić information content (AvgIpc) is 3.31. The van der Waals surface area contributed by atoms with Crippen molar-refractivity contribution in [1.29, 1.82) is 0 Å². The normalized spacial score (nSPS) is 19.4. The van der Waals surface area contributed by atoms with Crippen LogP contribution in [0.2, 0.25) is 0 Å². The van der Waals surface area contributed by atoms with Gasteiger partial charge in [0.2, 0.25) is 5.91 Å². The van der Waals surface area contributed by atoms with Gasteiger partial charge in [0, 0.05) is 37.8 Å². The van der Waals surface area contributed by atoms with Crippen LogP contribution in [0.4, 0.5) is 5.69 Å². The van der Waals surface area contributed by atoms with Crippen molar-refractivity contribution >= 4 is 11.6 Å². The first-order valence-electron chi connectivity index (χ1n) is 12.8. The summed E-state index contributed by atoms with van der Waals surface area (Å²) in [7, 11) is 1.70. The lowest BCUT2D eigenvalue weighted by molar-refractivity contribution is -0.135. The van der Waals surface area contributed by atoms with Crippen LogP contribution >= 0.6 is 0 Å². The third kappa shape index (κ3) is 6.25. The average molecular weight is 465 g/mol. The Labute approximate surface area is 205 Å². The maximum Gasteiger partial charge on any atom is 0.223 e. The second kappa shape index (κ2) is 10.7. The van der Waals surface area contributed by atoms with E-state index in [4.69, 9.17) is 9.47 Å². The number of nitrogens with zero attached hydrogens (tertiary/aromatic N) is 2. The van der Waals surface area contributed by atoms with E-state index in [-0.39, 0.29) is 23.5 Å². The van der Waals surface area contributed by atoms with Crippen molar-refractivity contribution in [1.82, 2.24) is 4.90 Å². The smallest absolute Gasteiger partial charge is 0.223 e. The molecule has 2 aliphatic rings. The van der Waals surface area contributed by atoms with E-state index >= 15 is 0 Å². The summed E-state index contributed by atoms with van der Waals surface area (Å²) in [6.07, 6.45) is 6.40. The molecule has 1 aliphatic heterocycles. The summed E-state index contributed by atoms with van der Waals surface area (Å²) >= 11 is 0. The molecule has 0 radical (unpaired) electrons. The summed E-state index contributed by atoms with van der Waals surface area (Å²) in [5, 5.41) is 0. The largest absolute Gasteiger partial charge is 0.493 e. The number of carbonyl (C=O) groups excluding carboxylic acids is 1. The summed E-state index contributed by atoms with van der Waals surface area (Å²) in [5.74, 6) is 1.88. The molecule has 1 saturated heterocycles. The van der Waals surface area contributed by atoms with E-state index in [0.717, 1.165) is 56.1 Å². The molecule has 1 saturated carbocycles. The van der Waals surface area contributed by atoms with Crippen molar-refractivity contribution in [2.24, 2.45) is 5.41 Å². The van der Waals surface area contributed by atoms with Crippen LogP contribution in [0.3, 0.4) is 0 Å². The molecule has 2 aromatic rings. The number of benzene rings is 2. The lowest BCUT2D eigenvalue weighted by Crippen LogP contribution is -2.56. The van der Waals surface area contributed by atoms with Crippen molar-refractivity contribution in [3.63, 3.8) is 0 Å². The molecule has 0 aromatic heterocycles. The molecule has 2 aromatic carbocycles. The minimum Gasteiger partial charge on any atom is -0.493 e. The van der Waals surface area contributed by atoms with Gasteiger partial charge in [0.25, 0.3) is 0 Å². The van der Waals surface area contributed by atoms with Gasteiger partial charge in [0.05, 0.1) is 19.3 Å². The molecular formula is C29H40N2O3. The van der Waals surface area contributed by atoms with Crippen LogP contribution in [-0.2, 0) is 11.2 Å². The molecule has 0 spiro atoms. The lowest BCUT2D eigenvalue weighted by Gasteiger charge is -2.43. The van der Waals surface area contributed by atoms with E-state index in [0.29, 0.717) is 6.42 Å². The van der Waals surface area contributed by atoms with E-state index in [1.165, 1.54) is 18.4 Å². The zero-order valence-corrected chi connectivity index (χ0v) is 21.3. The summed E-state index contributed by atoms with van der Waals surface area (Å²) in [6, 6.07) is 16.9. The number of hydrogen-bond donors (Lipinski definition) is 0. The molecule has 1 heterocycles. The van der Waals surface area contributed by atoms with E-state index in [1.54, 1.807) is 7.11 Å². The van der Waals surface area contributed by atoms with Gasteiger partial charge in [-0.15, -0.1) is 0 Å². The molecule has 34 heavy (non-hydrogen) atoms. The zero-order valence-electron chi connectivity index (χ0n) is 21.3. The number of hydrogen-bond acceptors (Lipinski definition) is 4. The number of carbonyl (C=O) groups is 1. The summed E-state index contributed by atoms with van der Waals surface area (Å²) in [5.41, 5.74) is 2.38. The molecule has 1 amide bonds. The van der Waals surface area contributed by atoms with Crippen LogP contribution in [0.15, 0.2) is 48.5 Å². The molecule has 0 N–H and O–H groups in total. The van der Waals surface area contributed by atoms with Crippen LogP contribution in [0.1, 0.15) is 58.4 Å². The summed E-state index contributed by atoms with van der Waals surface area (Å²) in [4.78, 5) is 17.8. The predicted octanol–water partition coefficient (Wildman–Crippen LogP) is 5.71. The summed E-state index contributed by atoms with van der Waals surface area (Å²) < 4.78 is 11.9. The van der Waals surface area contributed by atoms with Gasteiger partial charge >= 0.3 is 0 Å². The Morgan fingerprint density at radius 2 is 1.74 bits per heavy atom. The van der Waals surface area contributed by atoms with Gasteiger partial charge in [-0.25, -0.2) is 0 Å². The maximum atomic E-state index is 13.3. The van der Waals surface area contributed by atoms with E-state index in [9.17, 15) is 4.79 Å². The SMILES string of the molecule is COc1ccc(N2CCN(C(=O)CC(C)(C)C)[C@@H](Cc3ccccc3)C2)cc1OC1CCCC1. The van der Waals surface area contributed by atoms with E-state index in [1.807, 2.05) is 12.1 Å². The molecule has 5 heteroatoms. The van der Waals surface area contributed by atoms with Gasteiger partial charge in [-0.2, -0.15) is 0 Å². The third-order valence-corrected chi connectivity index (χ3v) is 6.91. The van der Waals surface area contributed by atoms with Crippen LogP contribution in [0, 0.1) is 5.41 Å². The second-order valence-corrected chi connectivity index (χ2v) is 11.0. The predicted molar refractivity (Wildman–Crippen MR) is 138 cm³/mol. The fraction of sp³-hybridized carbons (Fsp3) is 0.552. The van der Waals surface area contributed by atoms with Crippen molar-refractivity contribution < 1.29 is 14.3 Å². The minimum atomic E-state index is -0.0199. The van der Waals surface area contributed by atoms with Crippen molar-refractivity contribution in [3.05, 3.63) is 54.1 Å². The second-order valence-electron chi connectivity index (χ2n) is 11.0. The van der Waals surface area contributed by atoms with Gasteiger partial charge in [-0.1, -0.05) is 51.1 Å². The van der Waals surface area contributed by atoms with Gasteiger partial charge in [0.15, 0.2) is 11.5 Å². The lowest BCUT2D eigenvalue weighted by atomic mass is 9.90. The van der Waals surface area contributed by atoms with Gasteiger partial charge in [-0.05, 0) is 55.2 Å². The highest BCUT2D eigenvalue weighted by Gasteiger charge is 2.33. The number of methoxy groups -OCH3 is 1. The number of ether oxygens (including phenoxy) is 2. The Kier molecular flexibility index (Phi) is 7.70. The van der Waals surface area contributed by atoms with Gasteiger partial charge < -0.3 is 19.3 Å². The molecular weight excluding hydrogens is 424 g/mol. The highest BCUT2D eigenvalue weighted by Crippen LogP contribution is 2.36. The van der Waals surface area contributed by atoms with Crippen molar-refractivity contribution in [2.45, 2.75) is 71.4 Å². The van der Waals surface area contributed by atoms with Crippen LogP contribution in [0.25, 0.3) is 0 Å². The van der Waals surface area contributed by atoms with Gasteiger partial charge in [-0.3, -0.25) is 4.79 Å². The zero-order chi connectivity index (χ0) is 24.1. The fourth-order valence-electron chi connectivity index (χ4n) is 5.17. The highest BCUT2D eigenvalue weighted by molar-refractivity contribution is 5.77. The summed E-state index contributed by atoms with van der Waals surface area (Å²) in [6.45, 7) is 8.76. The maximum absolute atomic E-state index is 13.3. The Hall–Kier alpha value is -2.69. The topological polar surface area (TPSA) is 42.0 Å². The van der Waals surface area contributed by atoms with Gasteiger partial charge in [0.1, 0.15) is 0 Å². The first kappa shape index (κ1) is 24.4. The standard InChI is InChI=1S/C29H40N2O3/c1-29(2,3)20-28(32)31-17-16-30(21-24(31)18-22-10-6-5-7-11-22)23-14-15-26(33-4)27(19-23)34-25-12-8-9-13-25/h5-7,10-11,14-15,19,24-25H,8-9,12-13,16-18,20-21H2,1-4H3/t24-/m0/s1. The highest BCUT2D eigenvalue weighted by atomic mass is 16.5. The van der Waals surface area contributed by atoms with Crippen LogP contribution in [-0.4, -0.2) is 49.7 Å². The molecule has 184 valence electrons. The number of amides is 1. The van der Waals surface area contributed by atoms with Crippen molar-refractivity contribution in [3.8, 4) is 11.5 Å². The van der Waals surface area contributed by atoms with E-state index < -0.39 is 0 Å². The first-order chi connectivity index (χ1) is 16.3. The first-order valence-corrected chi connectivity index (χ1v) is 12.8. The van der Waals surface area contributed by atoms with Crippen LogP contribution < -0.4 is 14.4 Å². The number of rotatable bonds is 7. The molecule has 2 fully saturated rings. The fourth-order valence-corrected chi connectivity index (χ4v) is 5.17. The third-order valence-electron chi connectivity index (χ3n) is 6.91. The molecule has 1 aliphatic carbocycles. The quantitative estimate of drug-likeness (QED) is 0.526. The Morgan fingerprint density at radius 1 is 1.00 bits per heavy atom. The Balaban J connectivity index is 1.54. The van der Waals surface area contributed by atoms with Crippen LogP contribution in [0.5, 0.6) is 11.5 Å². The number of piperazine rings is 1. The number of anilines is 1. The van der Waals surface area contributed by atoms with Crippen molar-refractivity contribution in [2.75, 3.05) is 31.6 Å². The molecule has 0 unspecified atom stereocenters.